The first kappa shape index (κ1) is 17.3. The van der Waals surface area contributed by atoms with E-state index in [0.717, 1.165) is 12.8 Å². The van der Waals surface area contributed by atoms with Crippen molar-refractivity contribution in [1.29, 1.82) is 0 Å². The van der Waals surface area contributed by atoms with Crippen molar-refractivity contribution in [1.82, 2.24) is 9.80 Å². The number of nitrogens with zero attached hydrogens (tertiary/aromatic N) is 2. The van der Waals surface area contributed by atoms with Gasteiger partial charge in [-0.3, -0.25) is 9.69 Å². The zero-order valence-corrected chi connectivity index (χ0v) is 15.1. The Morgan fingerprint density at radius 1 is 1.33 bits per heavy atom. The molecule has 0 aromatic carbocycles. The minimum absolute atomic E-state index is 0.0264. The van der Waals surface area contributed by atoms with E-state index < -0.39 is 17.0 Å². The summed E-state index contributed by atoms with van der Waals surface area (Å²) in [6.07, 6.45) is 5.13. The smallest absolute Gasteiger partial charge is 0.407 e. The second kappa shape index (κ2) is 5.22. The maximum Gasteiger partial charge on any atom is 0.407 e. The van der Waals surface area contributed by atoms with E-state index in [4.69, 9.17) is 5.73 Å². The average Bonchev–Trinajstić information content (AvgIpc) is 3.17. The molecule has 0 saturated carbocycles. The lowest BCUT2D eigenvalue weighted by Crippen LogP contribution is -2.63. The van der Waals surface area contributed by atoms with Crippen molar-refractivity contribution in [3.05, 3.63) is 12.2 Å². The van der Waals surface area contributed by atoms with Gasteiger partial charge in [-0.15, -0.1) is 0 Å². The molecule has 24 heavy (non-hydrogen) atoms. The van der Waals surface area contributed by atoms with Crippen molar-refractivity contribution in [2.24, 2.45) is 16.6 Å². The van der Waals surface area contributed by atoms with Crippen LogP contribution in [0, 0.1) is 10.8 Å². The summed E-state index contributed by atoms with van der Waals surface area (Å²) in [4.78, 5) is 28.6. The molecule has 6 nitrogen and oxygen atoms in total. The monoisotopic (exact) mass is 335 g/mol. The van der Waals surface area contributed by atoms with Gasteiger partial charge in [0.2, 0.25) is 5.91 Å². The Kier molecular flexibility index (Phi) is 3.75. The van der Waals surface area contributed by atoms with Crippen molar-refractivity contribution in [2.45, 2.75) is 64.6 Å². The summed E-state index contributed by atoms with van der Waals surface area (Å²) in [5, 5.41) is 9.63. The quantitative estimate of drug-likeness (QED) is 0.756. The zero-order chi connectivity index (χ0) is 17.9. The highest BCUT2D eigenvalue weighted by Crippen LogP contribution is 2.52. The Hall–Kier alpha value is -1.56. The molecule has 2 heterocycles. The van der Waals surface area contributed by atoms with Crippen LogP contribution in [0.5, 0.6) is 0 Å². The lowest BCUT2D eigenvalue weighted by Gasteiger charge is -2.49. The van der Waals surface area contributed by atoms with Crippen LogP contribution in [0.1, 0.15) is 47.0 Å². The van der Waals surface area contributed by atoms with Crippen LogP contribution in [0.3, 0.4) is 0 Å². The molecule has 0 aromatic rings. The van der Waals surface area contributed by atoms with E-state index >= 15 is 0 Å². The molecule has 6 heteroatoms. The lowest BCUT2D eigenvalue weighted by molar-refractivity contribution is -0.144. The van der Waals surface area contributed by atoms with Gasteiger partial charge in [0.25, 0.3) is 0 Å². The first-order chi connectivity index (χ1) is 11.1. The first-order valence-corrected chi connectivity index (χ1v) is 8.83. The number of likely N-dealkylation sites (tertiary alicyclic amines) is 2. The minimum atomic E-state index is -0.882. The van der Waals surface area contributed by atoms with Gasteiger partial charge in [0.1, 0.15) is 0 Å². The SMILES string of the molecule is CC[C@]1(C(=O)N2C[C@@]3(C(C)(C)C)C[C@H]2CN3C(=O)O)C=C[C@@H](N)C1. The third-order valence-corrected chi connectivity index (χ3v) is 6.56. The molecule has 3 aliphatic rings. The Morgan fingerprint density at radius 3 is 2.46 bits per heavy atom. The topological polar surface area (TPSA) is 86.9 Å². The molecule has 2 amide bonds. The van der Waals surface area contributed by atoms with Crippen molar-refractivity contribution < 1.29 is 14.7 Å². The molecule has 3 rings (SSSR count). The first-order valence-electron chi connectivity index (χ1n) is 8.83. The Bertz CT molecular complexity index is 597. The highest BCUT2D eigenvalue weighted by Gasteiger charge is 2.63. The van der Waals surface area contributed by atoms with Gasteiger partial charge in [-0.1, -0.05) is 39.8 Å². The van der Waals surface area contributed by atoms with Crippen molar-refractivity contribution in [2.75, 3.05) is 13.1 Å². The molecule has 0 unspecified atom stereocenters. The average molecular weight is 335 g/mol. The van der Waals surface area contributed by atoms with E-state index in [0.29, 0.717) is 19.5 Å². The predicted molar refractivity (Wildman–Crippen MR) is 91.5 cm³/mol. The number of fused-ring (bicyclic) bond motifs is 2. The van der Waals surface area contributed by atoms with Gasteiger partial charge in [-0.2, -0.15) is 0 Å². The van der Waals surface area contributed by atoms with Crippen LogP contribution >= 0.6 is 0 Å². The lowest BCUT2D eigenvalue weighted by atomic mass is 9.72. The normalized spacial score (nSPS) is 38.2. The van der Waals surface area contributed by atoms with Gasteiger partial charge in [0.05, 0.1) is 17.0 Å². The number of carbonyl (C=O) groups excluding carboxylic acids is 1. The maximum atomic E-state index is 13.3. The number of hydrogen-bond acceptors (Lipinski definition) is 3. The number of amides is 2. The molecule has 2 aliphatic heterocycles. The van der Waals surface area contributed by atoms with Crippen LogP contribution in [-0.2, 0) is 4.79 Å². The van der Waals surface area contributed by atoms with Gasteiger partial charge in [-0.25, -0.2) is 4.79 Å². The fourth-order valence-electron chi connectivity index (χ4n) is 4.89. The summed E-state index contributed by atoms with van der Waals surface area (Å²) in [6, 6.07) is -0.0951. The van der Waals surface area contributed by atoms with E-state index in [-0.39, 0.29) is 23.4 Å². The highest BCUT2D eigenvalue weighted by molar-refractivity contribution is 5.87. The summed E-state index contributed by atoms with van der Waals surface area (Å²) in [6.45, 7) is 9.13. The summed E-state index contributed by atoms with van der Waals surface area (Å²) < 4.78 is 0. The van der Waals surface area contributed by atoms with Crippen LogP contribution in [0.25, 0.3) is 0 Å². The largest absolute Gasteiger partial charge is 0.465 e. The molecule has 3 N–H and O–H groups in total. The molecule has 2 bridgehead atoms. The highest BCUT2D eigenvalue weighted by atomic mass is 16.4. The fourth-order valence-corrected chi connectivity index (χ4v) is 4.89. The van der Waals surface area contributed by atoms with Crippen molar-refractivity contribution >= 4 is 12.0 Å². The summed E-state index contributed by atoms with van der Waals surface area (Å²) in [5.74, 6) is 0.121. The predicted octanol–water partition coefficient (Wildman–Crippen LogP) is 2.05. The third-order valence-electron chi connectivity index (χ3n) is 6.56. The van der Waals surface area contributed by atoms with E-state index in [9.17, 15) is 14.7 Å². The Labute approximate surface area is 143 Å². The number of carbonyl (C=O) groups is 2. The second-order valence-corrected chi connectivity index (χ2v) is 8.70. The van der Waals surface area contributed by atoms with Crippen molar-refractivity contribution in [3.63, 3.8) is 0 Å². The zero-order valence-electron chi connectivity index (χ0n) is 15.1. The molecule has 4 atom stereocenters. The molecular formula is C18H29N3O3. The number of rotatable bonds is 2. The molecule has 2 fully saturated rings. The Morgan fingerprint density at radius 2 is 2.00 bits per heavy atom. The third kappa shape index (κ3) is 2.19. The van der Waals surface area contributed by atoms with Crippen LogP contribution in [0.15, 0.2) is 12.2 Å². The molecule has 2 saturated heterocycles. The Balaban J connectivity index is 1.90. The molecular weight excluding hydrogens is 306 g/mol. The number of hydrogen-bond donors (Lipinski definition) is 2. The van der Waals surface area contributed by atoms with Gasteiger partial charge in [-0.05, 0) is 24.7 Å². The maximum absolute atomic E-state index is 13.3. The standard InChI is InChI=1S/C18H29N3O3/c1-5-17(7-6-12(19)8-17)14(22)20-11-18(16(2,3)4)9-13(20)10-21(18)15(23)24/h6-7,12-13H,5,8-11,19H2,1-4H3,(H,23,24)/t12-,13+,17+,18-/m1/s1. The molecule has 0 radical (unpaired) electrons. The van der Waals surface area contributed by atoms with Gasteiger partial charge < -0.3 is 15.7 Å². The summed E-state index contributed by atoms with van der Waals surface area (Å²) in [7, 11) is 0. The second-order valence-electron chi connectivity index (χ2n) is 8.70. The molecule has 134 valence electrons. The van der Waals surface area contributed by atoms with E-state index in [1.807, 2.05) is 24.0 Å². The van der Waals surface area contributed by atoms with Crippen LogP contribution in [-0.4, -0.2) is 57.6 Å². The summed E-state index contributed by atoms with van der Waals surface area (Å²) >= 11 is 0. The van der Waals surface area contributed by atoms with E-state index in [2.05, 4.69) is 20.8 Å². The molecule has 0 spiro atoms. The summed E-state index contributed by atoms with van der Waals surface area (Å²) in [5.41, 5.74) is 4.77. The number of carboxylic acid groups (broad SMARTS) is 1. The van der Waals surface area contributed by atoms with E-state index in [1.165, 1.54) is 0 Å². The van der Waals surface area contributed by atoms with Crippen LogP contribution in [0.4, 0.5) is 4.79 Å². The van der Waals surface area contributed by atoms with Crippen LogP contribution in [0.2, 0.25) is 0 Å². The minimum Gasteiger partial charge on any atom is -0.465 e. The van der Waals surface area contributed by atoms with Gasteiger partial charge in [0, 0.05) is 19.1 Å². The van der Waals surface area contributed by atoms with Gasteiger partial charge >= 0.3 is 6.09 Å². The van der Waals surface area contributed by atoms with Gasteiger partial charge in [0.15, 0.2) is 0 Å². The van der Waals surface area contributed by atoms with Crippen LogP contribution < -0.4 is 5.73 Å². The fraction of sp³-hybridized carbons (Fsp3) is 0.778. The van der Waals surface area contributed by atoms with Crippen molar-refractivity contribution in [3.8, 4) is 0 Å². The number of nitrogens with two attached hydrogens (primary N) is 1. The number of piperazine rings is 1. The van der Waals surface area contributed by atoms with E-state index in [1.54, 1.807) is 4.90 Å². The molecule has 1 aliphatic carbocycles. The molecule has 0 aromatic heterocycles.